The van der Waals surface area contributed by atoms with Gasteiger partial charge in [-0.2, -0.15) is 0 Å². The fourth-order valence-electron chi connectivity index (χ4n) is 2.04. The van der Waals surface area contributed by atoms with E-state index in [1.165, 1.54) is 0 Å². The number of carbonyl (C=O) groups excluding carboxylic acids is 1. The maximum absolute atomic E-state index is 12.5. The van der Waals surface area contributed by atoms with Gasteiger partial charge in [-0.3, -0.25) is 4.79 Å². The number of hydrogen-bond donors (Lipinski definition) is 4. The summed E-state index contributed by atoms with van der Waals surface area (Å²) in [6.07, 6.45) is 0. The van der Waals surface area contributed by atoms with E-state index < -0.39 is 17.6 Å². The van der Waals surface area contributed by atoms with E-state index in [0.29, 0.717) is 9.21 Å². The molecule has 0 saturated heterocycles. The van der Waals surface area contributed by atoms with Crippen molar-refractivity contribution >= 4 is 28.8 Å². The molecule has 1 aromatic carbocycles. The summed E-state index contributed by atoms with van der Waals surface area (Å²) in [5, 5.41) is 22.7. The van der Waals surface area contributed by atoms with Crippen molar-refractivity contribution < 1.29 is 15.0 Å². The van der Waals surface area contributed by atoms with Crippen molar-refractivity contribution in [3.63, 3.8) is 0 Å². The minimum atomic E-state index is -1.87. The fourth-order valence-corrected chi connectivity index (χ4v) is 3.18. The molecule has 0 aliphatic carbocycles. The number of nitrogens with one attached hydrogen (secondary N) is 1. The van der Waals surface area contributed by atoms with Gasteiger partial charge in [0, 0.05) is 11.4 Å². The summed E-state index contributed by atoms with van der Waals surface area (Å²) >= 11 is 6.94. The topological polar surface area (TPSA) is 95.6 Å². The van der Waals surface area contributed by atoms with Gasteiger partial charge in [0.2, 0.25) is 0 Å². The van der Waals surface area contributed by atoms with Gasteiger partial charge in [0.25, 0.3) is 5.91 Å². The van der Waals surface area contributed by atoms with E-state index in [1.54, 1.807) is 36.4 Å². The Morgan fingerprint density at radius 3 is 2.50 bits per heavy atom. The van der Waals surface area contributed by atoms with Gasteiger partial charge in [0.05, 0.1) is 17.0 Å². The van der Waals surface area contributed by atoms with Gasteiger partial charge in [-0.25, -0.2) is 0 Å². The molecule has 2 aromatic rings. The van der Waals surface area contributed by atoms with Gasteiger partial charge in [0.1, 0.15) is 0 Å². The van der Waals surface area contributed by atoms with Crippen molar-refractivity contribution in [3.8, 4) is 0 Å². The predicted octanol–water partition coefficient (Wildman–Crippen LogP) is 1.40. The number of hydrogen-bond acceptors (Lipinski definition) is 5. The summed E-state index contributed by atoms with van der Waals surface area (Å²) in [6.45, 7) is -0.579. The van der Waals surface area contributed by atoms with Crippen LogP contribution in [0.3, 0.4) is 0 Å². The average molecular weight is 341 g/mol. The number of aliphatic hydroxyl groups is 2. The molecule has 0 bridgehead atoms. The summed E-state index contributed by atoms with van der Waals surface area (Å²) in [6, 6.07) is 11.5. The first-order valence-electron chi connectivity index (χ1n) is 6.66. The SMILES string of the molecule is NCC(O)(C(=O)N[C@H](CO)c1ccccc1)c1ccc(Cl)s1. The lowest BCUT2D eigenvalue weighted by molar-refractivity contribution is -0.140. The van der Waals surface area contributed by atoms with Crippen LogP contribution in [0.4, 0.5) is 0 Å². The number of rotatable bonds is 6. The Bertz CT molecular complexity index is 635. The lowest BCUT2D eigenvalue weighted by Crippen LogP contribution is -2.50. The van der Waals surface area contributed by atoms with Crippen molar-refractivity contribution in [2.45, 2.75) is 11.6 Å². The van der Waals surface area contributed by atoms with Crippen molar-refractivity contribution in [2.24, 2.45) is 5.73 Å². The van der Waals surface area contributed by atoms with Crippen molar-refractivity contribution in [1.29, 1.82) is 0 Å². The second kappa shape index (κ2) is 7.21. The number of halogens is 1. The third-order valence-corrected chi connectivity index (χ3v) is 4.72. The molecule has 22 heavy (non-hydrogen) atoms. The second-order valence-corrected chi connectivity index (χ2v) is 6.50. The first-order chi connectivity index (χ1) is 10.5. The highest BCUT2D eigenvalue weighted by Gasteiger charge is 2.39. The predicted molar refractivity (Wildman–Crippen MR) is 86.7 cm³/mol. The number of aliphatic hydroxyl groups excluding tert-OH is 1. The quantitative estimate of drug-likeness (QED) is 0.639. The van der Waals surface area contributed by atoms with Crippen LogP contribution in [0.2, 0.25) is 4.34 Å². The molecule has 2 atom stereocenters. The molecule has 0 fully saturated rings. The second-order valence-electron chi connectivity index (χ2n) is 4.79. The minimum absolute atomic E-state index is 0.289. The van der Waals surface area contributed by atoms with Crippen LogP contribution >= 0.6 is 22.9 Å². The molecule has 2 rings (SSSR count). The third kappa shape index (κ3) is 3.48. The first kappa shape index (κ1) is 16.9. The lowest BCUT2D eigenvalue weighted by atomic mass is 9.99. The van der Waals surface area contributed by atoms with Crippen LogP contribution in [-0.4, -0.2) is 29.3 Å². The van der Waals surface area contributed by atoms with Crippen molar-refractivity contribution in [3.05, 3.63) is 57.2 Å². The van der Waals surface area contributed by atoms with Crippen LogP contribution in [0.25, 0.3) is 0 Å². The van der Waals surface area contributed by atoms with Crippen molar-refractivity contribution in [1.82, 2.24) is 5.32 Å². The molecule has 0 radical (unpaired) electrons. The molecule has 5 nitrogen and oxygen atoms in total. The standard InChI is InChI=1S/C15H17ClN2O3S/c16-13-7-6-12(22-13)15(21,9-17)14(20)18-11(8-19)10-4-2-1-3-5-10/h1-7,11,19,21H,8-9,17H2,(H,18,20)/t11-,15?/m1/s1. The molecular weight excluding hydrogens is 324 g/mol. The highest BCUT2D eigenvalue weighted by molar-refractivity contribution is 7.16. The van der Waals surface area contributed by atoms with Crippen LogP contribution in [0, 0.1) is 0 Å². The largest absolute Gasteiger partial charge is 0.394 e. The van der Waals surface area contributed by atoms with E-state index in [9.17, 15) is 15.0 Å². The van der Waals surface area contributed by atoms with Gasteiger partial charge in [-0.05, 0) is 17.7 Å². The number of benzene rings is 1. The maximum Gasteiger partial charge on any atom is 0.259 e. The Balaban J connectivity index is 2.21. The molecule has 1 heterocycles. The molecule has 0 aliphatic heterocycles. The van der Waals surface area contributed by atoms with E-state index in [4.69, 9.17) is 17.3 Å². The van der Waals surface area contributed by atoms with Gasteiger partial charge in [-0.15, -0.1) is 11.3 Å². The number of amides is 1. The van der Waals surface area contributed by atoms with Crippen LogP contribution in [0.15, 0.2) is 42.5 Å². The van der Waals surface area contributed by atoms with E-state index in [0.717, 1.165) is 16.9 Å². The van der Waals surface area contributed by atoms with Gasteiger partial charge in [0.15, 0.2) is 5.60 Å². The van der Waals surface area contributed by atoms with Gasteiger partial charge in [-0.1, -0.05) is 41.9 Å². The molecular formula is C15H17ClN2O3S. The Labute approximate surface area is 137 Å². The highest BCUT2D eigenvalue weighted by atomic mass is 35.5. The van der Waals surface area contributed by atoms with Gasteiger partial charge < -0.3 is 21.3 Å². The molecule has 0 spiro atoms. The zero-order chi connectivity index (χ0) is 16.2. The number of carbonyl (C=O) groups is 1. The number of nitrogens with two attached hydrogens (primary N) is 1. The molecule has 118 valence electrons. The summed E-state index contributed by atoms with van der Waals surface area (Å²) in [5.41, 5.74) is 4.46. The normalized spacial score (nSPS) is 15.1. The smallest absolute Gasteiger partial charge is 0.259 e. The van der Waals surface area contributed by atoms with E-state index in [1.807, 2.05) is 6.07 Å². The molecule has 7 heteroatoms. The van der Waals surface area contributed by atoms with E-state index in [-0.39, 0.29) is 13.2 Å². The number of thiophene rings is 1. The van der Waals surface area contributed by atoms with E-state index in [2.05, 4.69) is 5.32 Å². The minimum Gasteiger partial charge on any atom is -0.394 e. The summed E-state index contributed by atoms with van der Waals surface area (Å²) in [4.78, 5) is 12.8. The van der Waals surface area contributed by atoms with E-state index >= 15 is 0 Å². The molecule has 5 N–H and O–H groups in total. The summed E-state index contributed by atoms with van der Waals surface area (Å²) < 4.78 is 0.455. The zero-order valence-corrected chi connectivity index (χ0v) is 13.3. The van der Waals surface area contributed by atoms with Crippen LogP contribution in [-0.2, 0) is 10.4 Å². The molecule has 1 unspecified atom stereocenters. The van der Waals surface area contributed by atoms with Crippen molar-refractivity contribution in [2.75, 3.05) is 13.2 Å². The Morgan fingerprint density at radius 2 is 2.00 bits per heavy atom. The van der Waals surface area contributed by atoms with Crippen LogP contribution in [0.1, 0.15) is 16.5 Å². The monoisotopic (exact) mass is 340 g/mol. The van der Waals surface area contributed by atoms with Crippen LogP contribution < -0.4 is 11.1 Å². The lowest BCUT2D eigenvalue weighted by Gasteiger charge is -2.27. The van der Waals surface area contributed by atoms with Crippen LogP contribution in [0.5, 0.6) is 0 Å². The Hall–Kier alpha value is -1.44. The molecule has 0 aliphatic rings. The highest BCUT2D eigenvalue weighted by Crippen LogP contribution is 2.31. The summed E-state index contributed by atoms with van der Waals surface area (Å²) in [5.74, 6) is -0.670. The molecule has 1 aromatic heterocycles. The first-order valence-corrected chi connectivity index (χ1v) is 7.85. The Kier molecular flexibility index (Phi) is 5.55. The third-order valence-electron chi connectivity index (χ3n) is 3.34. The Morgan fingerprint density at radius 1 is 1.32 bits per heavy atom. The average Bonchev–Trinajstić information content (AvgIpc) is 2.99. The molecule has 0 saturated carbocycles. The zero-order valence-electron chi connectivity index (χ0n) is 11.7. The molecule has 1 amide bonds. The fraction of sp³-hybridized carbons (Fsp3) is 0.267. The maximum atomic E-state index is 12.5. The van der Waals surface area contributed by atoms with Gasteiger partial charge >= 0.3 is 0 Å². The summed E-state index contributed by atoms with van der Waals surface area (Å²) in [7, 11) is 0.